The maximum Gasteiger partial charge on any atom is 0.265 e. The van der Waals surface area contributed by atoms with Crippen LogP contribution in [0.2, 0.25) is 0 Å². The number of methoxy groups -OCH3 is 1. The van der Waals surface area contributed by atoms with Crippen molar-refractivity contribution in [2.24, 2.45) is 0 Å². The Morgan fingerprint density at radius 1 is 1.08 bits per heavy atom. The average molecular weight is 371 g/mol. The largest absolute Gasteiger partial charge is 0.497 e. The maximum atomic E-state index is 13.3. The van der Waals surface area contributed by atoms with E-state index in [1.807, 2.05) is 29.6 Å². The Hall–Kier alpha value is -2.86. The van der Waals surface area contributed by atoms with Gasteiger partial charge in [0.1, 0.15) is 17.3 Å². The molecule has 2 aromatic carbocycles. The van der Waals surface area contributed by atoms with E-state index in [9.17, 15) is 9.18 Å². The minimum absolute atomic E-state index is 0.180. The van der Waals surface area contributed by atoms with Crippen molar-refractivity contribution in [3.05, 3.63) is 76.7 Å². The number of nitrogens with zero attached hydrogens (tertiary/aromatic N) is 1. The Labute approximate surface area is 155 Å². The van der Waals surface area contributed by atoms with Crippen molar-refractivity contribution in [1.29, 1.82) is 0 Å². The fourth-order valence-electron chi connectivity index (χ4n) is 2.42. The molecule has 3 aromatic rings. The first-order valence-electron chi connectivity index (χ1n) is 8.01. The molecule has 0 saturated heterocycles. The van der Waals surface area contributed by atoms with Gasteiger partial charge in [-0.1, -0.05) is 12.1 Å². The fourth-order valence-corrected chi connectivity index (χ4v) is 3.12. The standard InChI is InChI=1S/C20H18FNO3S/c1-24-17-9-7-16(8-10-17)22(13-19-6-3-11-26-19)20(23)14-25-18-5-2-4-15(21)12-18/h2-12H,13-14H2,1H3. The quantitative estimate of drug-likeness (QED) is 0.613. The summed E-state index contributed by atoms with van der Waals surface area (Å²) in [5, 5.41) is 1.97. The van der Waals surface area contributed by atoms with Gasteiger partial charge in [-0.05, 0) is 47.8 Å². The molecule has 4 nitrogen and oxygen atoms in total. The zero-order valence-electron chi connectivity index (χ0n) is 14.2. The zero-order valence-corrected chi connectivity index (χ0v) is 15.0. The van der Waals surface area contributed by atoms with Gasteiger partial charge in [0.2, 0.25) is 0 Å². The smallest absolute Gasteiger partial charge is 0.265 e. The number of benzene rings is 2. The number of amides is 1. The van der Waals surface area contributed by atoms with E-state index in [0.29, 0.717) is 18.0 Å². The molecule has 3 rings (SSSR count). The highest BCUT2D eigenvalue weighted by atomic mass is 32.1. The number of halogens is 1. The first-order chi connectivity index (χ1) is 12.7. The van der Waals surface area contributed by atoms with Crippen molar-refractivity contribution in [2.75, 3.05) is 18.6 Å². The lowest BCUT2D eigenvalue weighted by Crippen LogP contribution is -2.34. The fraction of sp³-hybridized carbons (Fsp3) is 0.150. The van der Waals surface area contributed by atoms with Crippen molar-refractivity contribution in [3.63, 3.8) is 0 Å². The molecule has 6 heteroatoms. The van der Waals surface area contributed by atoms with Gasteiger partial charge in [0.05, 0.1) is 13.7 Å². The van der Waals surface area contributed by atoms with E-state index in [-0.39, 0.29) is 12.5 Å². The van der Waals surface area contributed by atoms with Crippen LogP contribution in [0.4, 0.5) is 10.1 Å². The molecule has 0 bridgehead atoms. The highest BCUT2D eigenvalue weighted by molar-refractivity contribution is 7.09. The molecule has 1 aromatic heterocycles. The monoisotopic (exact) mass is 371 g/mol. The van der Waals surface area contributed by atoms with Crippen LogP contribution in [0.25, 0.3) is 0 Å². The lowest BCUT2D eigenvalue weighted by atomic mass is 10.2. The Morgan fingerprint density at radius 2 is 1.88 bits per heavy atom. The van der Waals surface area contributed by atoms with Crippen LogP contribution in [0.3, 0.4) is 0 Å². The van der Waals surface area contributed by atoms with Crippen LogP contribution in [0, 0.1) is 5.82 Å². The van der Waals surface area contributed by atoms with Crippen LogP contribution < -0.4 is 14.4 Å². The SMILES string of the molecule is COc1ccc(N(Cc2cccs2)C(=O)COc2cccc(F)c2)cc1. The van der Waals surface area contributed by atoms with Crippen LogP contribution in [0.1, 0.15) is 4.88 Å². The van der Waals surface area contributed by atoms with Gasteiger partial charge in [0.15, 0.2) is 6.61 Å². The molecule has 26 heavy (non-hydrogen) atoms. The highest BCUT2D eigenvalue weighted by Gasteiger charge is 2.18. The van der Waals surface area contributed by atoms with E-state index in [1.165, 1.54) is 12.1 Å². The molecule has 0 aliphatic carbocycles. The second kappa shape index (κ2) is 8.49. The summed E-state index contributed by atoms with van der Waals surface area (Å²) in [5.41, 5.74) is 0.743. The molecule has 0 atom stereocenters. The number of hydrogen-bond donors (Lipinski definition) is 0. The molecule has 0 spiro atoms. The Balaban J connectivity index is 1.76. The summed E-state index contributed by atoms with van der Waals surface area (Å²) in [6, 6.07) is 16.9. The molecule has 1 amide bonds. The third-order valence-corrected chi connectivity index (χ3v) is 4.60. The van der Waals surface area contributed by atoms with Gasteiger partial charge in [-0.15, -0.1) is 11.3 Å². The first-order valence-corrected chi connectivity index (χ1v) is 8.89. The first kappa shape index (κ1) is 17.9. The summed E-state index contributed by atoms with van der Waals surface area (Å²) in [4.78, 5) is 15.5. The predicted octanol–water partition coefficient (Wildman–Crippen LogP) is 4.51. The molecular weight excluding hydrogens is 353 g/mol. The van der Waals surface area contributed by atoms with E-state index >= 15 is 0 Å². The second-order valence-corrected chi connectivity index (χ2v) is 6.54. The Morgan fingerprint density at radius 3 is 2.54 bits per heavy atom. The summed E-state index contributed by atoms with van der Waals surface area (Å²) >= 11 is 1.58. The number of hydrogen-bond acceptors (Lipinski definition) is 4. The average Bonchev–Trinajstić information content (AvgIpc) is 3.18. The number of carbonyl (C=O) groups is 1. The third-order valence-electron chi connectivity index (χ3n) is 3.74. The van der Waals surface area contributed by atoms with Gasteiger partial charge in [-0.25, -0.2) is 4.39 Å². The normalized spacial score (nSPS) is 10.4. The van der Waals surface area contributed by atoms with Crippen molar-refractivity contribution in [1.82, 2.24) is 0 Å². The van der Waals surface area contributed by atoms with Crippen molar-refractivity contribution >= 4 is 22.9 Å². The number of thiophene rings is 1. The van der Waals surface area contributed by atoms with E-state index in [2.05, 4.69) is 0 Å². The summed E-state index contributed by atoms with van der Waals surface area (Å²) in [6.45, 7) is 0.260. The van der Waals surface area contributed by atoms with Gasteiger partial charge >= 0.3 is 0 Å². The topological polar surface area (TPSA) is 38.8 Å². The molecule has 0 radical (unpaired) electrons. The molecule has 134 valence electrons. The Kier molecular flexibility index (Phi) is 5.86. The van der Waals surface area contributed by atoms with Crippen LogP contribution >= 0.6 is 11.3 Å². The van der Waals surface area contributed by atoms with E-state index in [4.69, 9.17) is 9.47 Å². The number of rotatable bonds is 7. The van der Waals surface area contributed by atoms with Gasteiger partial charge in [-0.2, -0.15) is 0 Å². The maximum absolute atomic E-state index is 13.3. The van der Waals surface area contributed by atoms with Crippen molar-refractivity contribution in [3.8, 4) is 11.5 Å². The van der Waals surface area contributed by atoms with Crippen molar-refractivity contribution < 1.29 is 18.7 Å². The molecule has 0 unspecified atom stereocenters. The zero-order chi connectivity index (χ0) is 18.4. The second-order valence-electron chi connectivity index (χ2n) is 5.50. The Bertz CT molecular complexity index is 850. The summed E-state index contributed by atoms with van der Waals surface area (Å²) in [6.07, 6.45) is 0. The summed E-state index contributed by atoms with van der Waals surface area (Å²) < 4.78 is 23.9. The predicted molar refractivity (Wildman–Crippen MR) is 100 cm³/mol. The minimum Gasteiger partial charge on any atom is -0.497 e. The van der Waals surface area contributed by atoms with Crippen molar-refractivity contribution in [2.45, 2.75) is 6.54 Å². The molecule has 0 aliphatic rings. The van der Waals surface area contributed by atoms with Gasteiger partial charge in [-0.3, -0.25) is 4.79 Å². The third kappa shape index (κ3) is 4.61. The minimum atomic E-state index is -0.402. The van der Waals surface area contributed by atoms with E-state index in [0.717, 1.165) is 10.6 Å². The number of ether oxygens (including phenoxy) is 2. The lowest BCUT2D eigenvalue weighted by molar-refractivity contribution is -0.120. The van der Waals surface area contributed by atoms with Gasteiger partial charge in [0, 0.05) is 16.6 Å². The highest BCUT2D eigenvalue weighted by Crippen LogP contribution is 2.23. The van der Waals surface area contributed by atoms with Crippen LogP contribution in [-0.4, -0.2) is 19.6 Å². The van der Waals surface area contributed by atoms with Crippen LogP contribution in [-0.2, 0) is 11.3 Å². The van der Waals surface area contributed by atoms with Gasteiger partial charge < -0.3 is 14.4 Å². The van der Waals surface area contributed by atoms with E-state index in [1.54, 1.807) is 47.6 Å². The number of carbonyl (C=O) groups excluding carboxylic acids is 1. The molecule has 0 fully saturated rings. The van der Waals surface area contributed by atoms with Crippen LogP contribution in [0.5, 0.6) is 11.5 Å². The molecule has 1 heterocycles. The summed E-state index contributed by atoms with van der Waals surface area (Å²) in [5.74, 6) is 0.422. The van der Waals surface area contributed by atoms with Crippen LogP contribution in [0.15, 0.2) is 66.0 Å². The number of anilines is 1. The molecule has 0 N–H and O–H groups in total. The van der Waals surface area contributed by atoms with E-state index < -0.39 is 5.82 Å². The molecule has 0 aliphatic heterocycles. The summed E-state index contributed by atoms with van der Waals surface area (Å²) in [7, 11) is 1.59. The molecular formula is C20H18FNO3S. The van der Waals surface area contributed by atoms with Gasteiger partial charge in [0.25, 0.3) is 5.91 Å². The molecule has 0 saturated carbocycles. The lowest BCUT2D eigenvalue weighted by Gasteiger charge is -2.22.